The molecular weight excluding hydrogens is 418 g/mol. The van der Waals surface area contributed by atoms with E-state index in [9.17, 15) is 19.2 Å². The van der Waals surface area contributed by atoms with E-state index < -0.39 is 18.4 Å². The average molecular weight is 446 g/mol. The number of hydrogen-bond acceptors (Lipinski definition) is 5. The van der Waals surface area contributed by atoms with Gasteiger partial charge in [-0.15, -0.1) is 0 Å². The first-order valence-corrected chi connectivity index (χ1v) is 11.4. The molecular formula is C27H27NO5. The molecule has 2 bridgehead atoms. The first kappa shape index (κ1) is 21.6. The average Bonchev–Trinajstić information content (AvgIpc) is 3.14. The van der Waals surface area contributed by atoms with E-state index in [-0.39, 0.29) is 50.8 Å². The van der Waals surface area contributed by atoms with Crippen LogP contribution in [-0.4, -0.2) is 36.1 Å². The molecule has 3 unspecified atom stereocenters. The van der Waals surface area contributed by atoms with Gasteiger partial charge in [-0.3, -0.25) is 14.4 Å². The predicted molar refractivity (Wildman–Crippen MR) is 121 cm³/mol. The van der Waals surface area contributed by atoms with Gasteiger partial charge in [0.15, 0.2) is 18.2 Å². The highest BCUT2D eigenvalue weighted by Crippen LogP contribution is 2.65. The van der Waals surface area contributed by atoms with E-state index in [2.05, 4.69) is 26.1 Å². The molecule has 3 aliphatic carbocycles. The van der Waals surface area contributed by atoms with Crippen molar-refractivity contribution in [3.05, 3.63) is 70.3 Å². The Morgan fingerprint density at radius 1 is 0.970 bits per heavy atom. The van der Waals surface area contributed by atoms with Crippen molar-refractivity contribution in [3.63, 3.8) is 0 Å². The van der Waals surface area contributed by atoms with Crippen LogP contribution in [0.5, 0.6) is 0 Å². The van der Waals surface area contributed by atoms with Gasteiger partial charge in [0, 0.05) is 28.3 Å². The molecule has 0 saturated heterocycles. The Kier molecular flexibility index (Phi) is 4.82. The molecule has 1 N–H and O–H groups in total. The van der Waals surface area contributed by atoms with Crippen LogP contribution in [0.1, 0.15) is 82.2 Å². The van der Waals surface area contributed by atoms with E-state index in [1.807, 2.05) is 0 Å². The molecule has 0 aliphatic heterocycles. The summed E-state index contributed by atoms with van der Waals surface area (Å²) in [4.78, 5) is 51.4. The molecule has 2 saturated carbocycles. The standard InChI is InChI=1S/C27H27NO5/c1-26(2)15-11-12-27(26,3)20(13-15)28-21(29)14-33-25(32)19-10-6-9-18-22(19)24(31)17-8-5-4-7-16(17)23(18)30/h4-10,15,20H,11-14H2,1-3H3,(H,28,29). The van der Waals surface area contributed by atoms with Crippen LogP contribution in [0.3, 0.4) is 0 Å². The number of carbonyl (C=O) groups excluding carboxylic acids is 4. The zero-order chi connectivity index (χ0) is 23.5. The summed E-state index contributed by atoms with van der Waals surface area (Å²) in [5.74, 6) is -1.26. The summed E-state index contributed by atoms with van der Waals surface area (Å²) in [6, 6.07) is 11.1. The Balaban J connectivity index is 1.31. The number of nitrogens with one attached hydrogen (secondary N) is 1. The number of amides is 1. The lowest BCUT2D eigenvalue weighted by Crippen LogP contribution is -2.48. The summed E-state index contributed by atoms with van der Waals surface area (Å²) in [5, 5.41) is 3.07. The zero-order valence-electron chi connectivity index (χ0n) is 19.1. The first-order valence-electron chi connectivity index (χ1n) is 11.4. The van der Waals surface area contributed by atoms with Crippen LogP contribution < -0.4 is 5.32 Å². The third kappa shape index (κ3) is 3.07. The summed E-state index contributed by atoms with van der Waals surface area (Å²) in [6.07, 6.45) is 3.19. The van der Waals surface area contributed by atoms with Gasteiger partial charge in [-0.1, -0.05) is 57.2 Å². The van der Waals surface area contributed by atoms with Crippen LogP contribution in [0.2, 0.25) is 0 Å². The van der Waals surface area contributed by atoms with Gasteiger partial charge in [0.1, 0.15) is 0 Å². The summed E-state index contributed by atoms with van der Waals surface area (Å²) in [6.45, 7) is 6.34. The second-order valence-corrected chi connectivity index (χ2v) is 10.2. The van der Waals surface area contributed by atoms with Crippen molar-refractivity contribution in [2.45, 2.75) is 46.1 Å². The van der Waals surface area contributed by atoms with Crippen LogP contribution in [0, 0.1) is 16.7 Å². The maximum absolute atomic E-state index is 13.1. The van der Waals surface area contributed by atoms with Crippen LogP contribution in [0.4, 0.5) is 0 Å². The number of hydrogen-bond donors (Lipinski definition) is 1. The molecule has 170 valence electrons. The van der Waals surface area contributed by atoms with Crippen LogP contribution in [0.15, 0.2) is 42.5 Å². The van der Waals surface area contributed by atoms with Gasteiger partial charge in [0.25, 0.3) is 5.91 Å². The SMILES string of the molecule is CC1(C)C2CCC1(C)C(NC(=O)COC(=O)c1cccc3c1C(=O)c1ccccc1C3=O)C2. The molecule has 3 atom stereocenters. The minimum Gasteiger partial charge on any atom is -0.452 e. The molecule has 0 heterocycles. The number of esters is 1. The Bertz CT molecular complexity index is 1210. The second-order valence-electron chi connectivity index (χ2n) is 10.2. The smallest absolute Gasteiger partial charge is 0.339 e. The highest BCUT2D eigenvalue weighted by Gasteiger charge is 2.61. The van der Waals surface area contributed by atoms with Crippen molar-refractivity contribution in [2.24, 2.45) is 16.7 Å². The molecule has 33 heavy (non-hydrogen) atoms. The maximum atomic E-state index is 13.1. The summed E-state index contributed by atoms with van der Waals surface area (Å²) >= 11 is 0. The van der Waals surface area contributed by atoms with Crippen LogP contribution in [-0.2, 0) is 9.53 Å². The van der Waals surface area contributed by atoms with Gasteiger partial charge in [-0.2, -0.15) is 0 Å². The largest absolute Gasteiger partial charge is 0.452 e. The van der Waals surface area contributed by atoms with Crippen molar-refractivity contribution in [3.8, 4) is 0 Å². The fourth-order valence-electron chi connectivity index (χ4n) is 6.18. The Morgan fingerprint density at radius 3 is 2.27 bits per heavy atom. The van der Waals surface area contributed by atoms with Crippen LogP contribution >= 0.6 is 0 Å². The van der Waals surface area contributed by atoms with Crippen molar-refractivity contribution >= 4 is 23.4 Å². The van der Waals surface area contributed by atoms with Crippen LogP contribution in [0.25, 0.3) is 0 Å². The van der Waals surface area contributed by atoms with E-state index in [1.54, 1.807) is 30.3 Å². The van der Waals surface area contributed by atoms with E-state index >= 15 is 0 Å². The van der Waals surface area contributed by atoms with Gasteiger partial charge in [-0.25, -0.2) is 4.79 Å². The molecule has 2 aromatic carbocycles. The zero-order valence-corrected chi connectivity index (χ0v) is 19.1. The number of ether oxygens (including phenoxy) is 1. The molecule has 5 rings (SSSR count). The first-order chi connectivity index (χ1) is 15.6. The summed E-state index contributed by atoms with van der Waals surface area (Å²) in [7, 11) is 0. The van der Waals surface area contributed by atoms with Crippen molar-refractivity contribution in [1.29, 1.82) is 0 Å². The maximum Gasteiger partial charge on any atom is 0.339 e. The Labute approximate surface area is 192 Å². The normalized spacial score (nSPS) is 26.5. The predicted octanol–water partition coefficient (Wildman–Crippen LogP) is 3.95. The molecule has 0 aromatic heterocycles. The lowest BCUT2D eigenvalue weighted by atomic mass is 9.69. The minimum atomic E-state index is -0.790. The number of benzene rings is 2. The van der Waals surface area contributed by atoms with E-state index in [4.69, 9.17) is 4.74 Å². The molecule has 1 amide bonds. The Hall–Kier alpha value is -3.28. The monoisotopic (exact) mass is 445 g/mol. The van der Waals surface area contributed by atoms with Crippen molar-refractivity contribution in [1.82, 2.24) is 5.32 Å². The highest BCUT2D eigenvalue weighted by atomic mass is 16.5. The third-order valence-corrected chi connectivity index (χ3v) is 8.64. The molecule has 0 radical (unpaired) electrons. The lowest BCUT2D eigenvalue weighted by molar-refractivity contribution is -0.126. The molecule has 2 fully saturated rings. The van der Waals surface area contributed by atoms with E-state index in [1.165, 1.54) is 18.6 Å². The number of ketones is 2. The quantitative estimate of drug-likeness (QED) is 0.614. The topological polar surface area (TPSA) is 89.5 Å². The van der Waals surface area contributed by atoms with Gasteiger partial charge in [0.05, 0.1) is 5.56 Å². The molecule has 3 aliphatic rings. The van der Waals surface area contributed by atoms with Gasteiger partial charge in [-0.05, 0) is 42.1 Å². The van der Waals surface area contributed by atoms with Gasteiger partial charge in [0.2, 0.25) is 0 Å². The van der Waals surface area contributed by atoms with E-state index in [0.29, 0.717) is 11.5 Å². The van der Waals surface area contributed by atoms with Gasteiger partial charge >= 0.3 is 5.97 Å². The van der Waals surface area contributed by atoms with Crippen molar-refractivity contribution in [2.75, 3.05) is 6.61 Å². The second kappa shape index (κ2) is 7.37. The number of rotatable bonds is 4. The van der Waals surface area contributed by atoms with E-state index in [0.717, 1.165) is 12.8 Å². The molecule has 2 aromatic rings. The highest BCUT2D eigenvalue weighted by molar-refractivity contribution is 6.30. The summed E-state index contributed by atoms with van der Waals surface area (Å²) in [5.41, 5.74) is 0.983. The fraction of sp³-hybridized carbons (Fsp3) is 0.407. The molecule has 6 heteroatoms. The lowest BCUT2D eigenvalue weighted by Gasteiger charge is -2.39. The minimum absolute atomic E-state index is 0.00108. The number of carbonyl (C=O) groups is 4. The summed E-state index contributed by atoms with van der Waals surface area (Å²) < 4.78 is 5.29. The van der Waals surface area contributed by atoms with Gasteiger partial charge < -0.3 is 10.1 Å². The molecule has 6 nitrogen and oxygen atoms in total. The fourth-order valence-corrected chi connectivity index (χ4v) is 6.18. The Morgan fingerprint density at radius 2 is 1.64 bits per heavy atom. The number of fused-ring (bicyclic) bond motifs is 4. The third-order valence-electron chi connectivity index (χ3n) is 8.64. The van der Waals surface area contributed by atoms with Crippen molar-refractivity contribution < 1.29 is 23.9 Å². The molecule has 0 spiro atoms.